The maximum absolute atomic E-state index is 13.2. The van der Waals surface area contributed by atoms with E-state index < -0.39 is 0 Å². The van der Waals surface area contributed by atoms with Crippen molar-refractivity contribution in [2.75, 3.05) is 26.8 Å². The third-order valence-corrected chi connectivity index (χ3v) is 4.98. The number of carbonyl (C=O) groups excluding carboxylic acids is 2. The van der Waals surface area contributed by atoms with Gasteiger partial charge in [-0.1, -0.05) is 56.5 Å². The van der Waals surface area contributed by atoms with Crippen molar-refractivity contribution in [2.45, 2.75) is 52.1 Å². The van der Waals surface area contributed by atoms with Gasteiger partial charge in [0.05, 0.1) is 26.0 Å². The number of rotatable bonds is 14. The minimum absolute atomic E-state index is 0.00848. The highest BCUT2D eigenvalue weighted by molar-refractivity contribution is 5.84. The molecule has 164 valence electrons. The van der Waals surface area contributed by atoms with Crippen molar-refractivity contribution < 1.29 is 18.7 Å². The molecule has 0 aliphatic heterocycles. The fourth-order valence-electron chi connectivity index (χ4n) is 3.24. The molecule has 6 nitrogen and oxygen atoms in total. The summed E-state index contributed by atoms with van der Waals surface area (Å²) < 4.78 is 10.6. The molecule has 0 unspecified atom stereocenters. The van der Waals surface area contributed by atoms with Crippen LogP contribution in [0.5, 0.6) is 0 Å². The summed E-state index contributed by atoms with van der Waals surface area (Å²) in [5, 5.41) is 0. The molecule has 2 rings (SSSR count). The molecule has 0 bridgehead atoms. The van der Waals surface area contributed by atoms with Gasteiger partial charge in [-0.2, -0.15) is 0 Å². The zero-order valence-corrected chi connectivity index (χ0v) is 18.2. The Balaban J connectivity index is 2.05. The number of benzene rings is 1. The maximum atomic E-state index is 13.2. The van der Waals surface area contributed by atoms with Crippen molar-refractivity contribution in [3.05, 3.63) is 60.1 Å². The van der Waals surface area contributed by atoms with Crippen molar-refractivity contribution in [1.29, 1.82) is 0 Å². The van der Waals surface area contributed by atoms with Crippen LogP contribution in [0.4, 0.5) is 0 Å². The first kappa shape index (κ1) is 23.7. The molecule has 0 saturated heterocycles. The van der Waals surface area contributed by atoms with Gasteiger partial charge in [-0.15, -0.1) is 0 Å². The first-order valence-corrected chi connectivity index (χ1v) is 10.7. The van der Waals surface area contributed by atoms with Gasteiger partial charge in [-0.3, -0.25) is 9.59 Å². The summed E-state index contributed by atoms with van der Waals surface area (Å²) in [7, 11) is 1.60. The molecule has 30 heavy (non-hydrogen) atoms. The Morgan fingerprint density at radius 2 is 1.73 bits per heavy atom. The van der Waals surface area contributed by atoms with Gasteiger partial charge in [-0.05, 0) is 24.1 Å². The van der Waals surface area contributed by atoms with Gasteiger partial charge in [0.1, 0.15) is 5.76 Å². The Kier molecular flexibility index (Phi) is 10.7. The predicted octanol–water partition coefficient (Wildman–Crippen LogP) is 4.25. The van der Waals surface area contributed by atoms with Crippen LogP contribution in [0.2, 0.25) is 0 Å². The highest BCUT2D eigenvalue weighted by Gasteiger charge is 2.22. The lowest BCUT2D eigenvalue weighted by molar-refractivity contribution is -0.142. The van der Waals surface area contributed by atoms with Gasteiger partial charge < -0.3 is 19.0 Å². The number of unbranched alkanes of at least 4 members (excludes halogenated alkanes) is 3. The average molecular weight is 415 g/mol. The highest BCUT2D eigenvalue weighted by atomic mass is 16.5. The summed E-state index contributed by atoms with van der Waals surface area (Å²) in [6.45, 7) is 3.83. The topological polar surface area (TPSA) is 63.0 Å². The van der Waals surface area contributed by atoms with E-state index in [2.05, 4.69) is 6.92 Å². The normalized spacial score (nSPS) is 10.7. The molecule has 0 N–H and O–H groups in total. The monoisotopic (exact) mass is 414 g/mol. The van der Waals surface area contributed by atoms with Gasteiger partial charge in [0.15, 0.2) is 0 Å². The quantitative estimate of drug-likeness (QED) is 0.434. The molecule has 2 amide bonds. The van der Waals surface area contributed by atoms with Gasteiger partial charge >= 0.3 is 0 Å². The molecule has 1 heterocycles. The summed E-state index contributed by atoms with van der Waals surface area (Å²) in [5.74, 6) is 0.621. The third kappa shape index (κ3) is 8.41. The van der Waals surface area contributed by atoms with Crippen LogP contribution >= 0.6 is 0 Å². The Morgan fingerprint density at radius 1 is 0.933 bits per heavy atom. The van der Waals surface area contributed by atoms with Crippen molar-refractivity contribution in [3.8, 4) is 0 Å². The van der Waals surface area contributed by atoms with Crippen LogP contribution in [0.15, 0.2) is 53.1 Å². The summed E-state index contributed by atoms with van der Waals surface area (Å²) in [4.78, 5) is 29.3. The SMILES string of the molecule is CCCCCCC(=O)N(CCOC)CC(=O)N(Cc1ccccc1)Cc1ccco1. The largest absolute Gasteiger partial charge is 0.467 e. The number of methoxy groups -OCH3 is 1. The van der Waals surface area contributed by atoms with Crippen LogP contribution in [0.1, 0.15) is 50.4 Å². The molecular formula is C24H34N2O4. The Hall–Kier alpha value is -2.60. The van der Waals surface area contributed by atoms with E-state index in [-0.39, 0.29) is 18.4 Å². The first-order chi connectivity index (χ1) is 14.6. The molecule has 0 fully saturated rings. The van der Waals surface area contributed by atoms with Crippen LogP contribution in [-0.4, -0.2) is 48.4 Å². The second-order valence-electron chi connectivity index (χ2n) is 7.43. The van der Waals surface area contributed by atoms with E-state index in [0.717, 1.165) is 31.2 Å². The number of nitrogens with zero attached hydrogens (tertiary/aromatic N) is 2. The van der Waals surface area contributed by atoms with E-state index in [4.69, 9.17) is 9.15 Å². The Bertz CT molecular complexity index is 731. The molecule has 0 saturated carbocycles. The fraction of sp³-hybridized carbons (Fsp3) is 0.500. The van der Waals surface area contributed by atoms with Crippen LogP contribution in [-0.2, 0) is 27.4 Å². The van der Waals surface area contributed by atoms with Gasteiger partial charge in [0.2, 0.25) is 11.8 Å². The van der Waals surface area contributed by atoms with Crippen LogP contribution in [0.3, 0.4) is 0 Å². The van der Waals surface area contributed by atoms with E-state index in [1.807, 2.05) is 42.5 Å². The van der Waals surface area contributed by atoms with Gasteiger partial charge in [0.25, 0.3) is 0 Å². The second kappa shape index (κ2) is 13.6. The van der Waals surface area contributed by atoms with Crippen molar-refractivity contribution in [3.63, 3.8) is 0 Å². The molecule has 0 spiro atoms. The first-order valence-electron chi connectivity index (χ1n) is 10.7. The van der Waals surface area contributed by atoms with Crippen molar-refractivity contribution in [1.82, 2.24) is 9.80 Å². The number of hydrogen-bond acceptors (Lipinski definition) is 4. The van der Waals surface area contributed by atoms with E-state index in [0.29, 0.717) is 38.4 Å². The molecule has 0 radical (unpaired) electrons. The summed E-state index contributed by atoms with van der Waals surface area (Å²) >= 11 is 0. The number of ether oxygens (including phenoxy) is 1. The smallest absolute Gasteiger partial charge is 0.242 e. The van der Waals surface area contributed by atoms with E-state index >= 15 is 0 Å². The Morgan fingerprint density at radius 3 is 2.40 bits per heavy atom. The predicted molar refractivity (Wildman–Crippen MR) is 117 cm³/mol. The number of carbonyl (C=O) groups is 2. The van der Waals surface area contributed by atoms with Gasteiger partial charge in [-0.25, -0.2) is 0 Å². The molecule has 1 aromatic carbocycles. The highest BCUT2D eigenvalue weighted by Crippen LogP contribution is 2.12. The molecule has 1 aromatic heterocycles. The minimum atomic E-state index is -0.103. The maximum Gasteiger partial charge on any atom is 0.242 e. The van der Waals surface area contributed by atoms with Gasteiger partial charge in [0, 0.05) is 26.6 Å². The zero-order valence-electron chi connectivity index (χ0n) is 18.2. The fourth-order valence-corrected chi connectivity index (χ4v) is 3.24. The standard InChI is InChI=1S/C24H34N2O4/c1-3-4-5-9-14-23(27)25(15-17-29-2)20-24(28)26(19-22-13-10-16-30-22)18-21-11-7-6-8-12-21/h6-8,10-13,16H,3-5,9,14-15,17-20H2,1-2H3. The van der Waals surface area contributed by atoms with Crippen LogP contribution in [0.25, 0.3) is 0 Å². The lowest BCUT2D eigenvalue weighted by Crippen LogP contribution is -2.43. The lowest BCUT2D eigenvalue weighted by Gasteiger charge is -2.27. The molecule has 0 atom stereocenters. The van der Waals surface area contributed by atoms with Crippen molar-refractivity contribution >= 4 is 11.8 Å². The average Bonchev–Trinajstić information content (AvgIpc) is 3.27. The van der Waals surface area contributed by atoms with E-state index in [1.54, 1.807) is 23.2 Å². The zero-order chi connectivity index (χ0) is 21.6. The minimum Gasteiger partial charge on any atom is -0.467 e. The number of furan rings is 1. The molecule has 2 aromatic rings. The molecule has 0 aliphatic carbocycles. The summed E-state index contributed by atoms with van der Waals surface area (Å²) in [5.41, 5.74) is 1.03. The van der Waals surface area contributed by atoms with Crippen molar-refractivity contribution in [2.24, 2.45) is 0 Å². The molecular weight excluding hydrogens is 380 g/mol. The lowest BCUT2D eigenvalue weighted by atomic mass is 10.1. The Labute approximate surface area is 179 Å². The third-order valence-electron chi connectivity index (χ3n) is 4.98. The second-order valence-corrected chi connectivity index (χ2v) is 7.43. The number of hydrogen-bond donors (Lipinski definition) is 0. The molecule has 6 heteroatoms. The van der Waals surface area contributed by atoms with Crippen LogP contribution < -0.4 is 0 Å². The summed E-state index contributed by atoms with van der Waals surface area (Å²) in [6, 6.07) is 13.5. The molecule has 0 aliphatic rings. The summed E-state index contributed by atoms with van der Waals surface area (Å²) in [6.07, 6.45) is 6.20. The van der Waals surface area contributed by atoms with Crippen LogP contribution in [0, 0.1) is 0 Å². The number of amides is 2. The van der Waals surface area contributed by atoms with E-state index in [9.17, 15) is 9.59 Å². The van der Waals surface area contributed by atoms with E-state index in [1.165, 1.54) is 0 Å².